The molecule has 1 aliphatic rings. The number of sulfonamides is 1. The number of nitrogens with one attached hydrogen (secondary N) is 2. The van der Waals surface area contributed by atoms with Crippen LogP contribution in [-0.4, -0.2) is 66.9 Å². The standard InChI is InChI=1S/C10H19N3O5S2/c1-7-13(8(6-19-7)9(14)15)10(16)11-4-3-5-12-20(2,17)18/h7-8,12H,3-6H2,1-2H3,(H,11,16)(H,14,15). The summed E-state index contributed by atoms with van der Waals surface area (Å²) in [5.74, 6) is -0.643. The molecule has 2 amide bonds. The summed E-state index contributed by atoms with van der Waals surface area (Å²) in [5, 5.41) is 11.4. The number of carboxylic acid groups (broad SMARTS) is 1. The van der Waals surface area contributed by atoms with Gasteiger partial charge in [-0.3, -0.25) is 4.90 Å². The van der Waals surface area contributed by atoms with Crippen molar-refractivity contribution in [2.24, 2.45) is 0 Å². The molecule has 0 aliphatic carbocycles. The Balaban J connectivity index is 2.36. The molecule has 0 aromatic heterocycles. The van der Waals surface area contributed by atoms with Crippen LogP contribution in [0.5, 0.6) is 0 Å². The second kappa shape index (κ2) is 7.14. The zero-order valence-electron chi connectivity index (χ0n) is 11.3. The van der Waals surface area contributed by atoms with Gasteiger partial charge in [-0.25, -0.2) is 22.7 Å². The van der Waals surface area contributed by atoms with Gasteiger partial charge in [-0.05, 0) is 13.3 Å². The first-order valence-electron chi connectivity index (χ1n) is 6.07. The summed E-state index contributed by atoms with van der Waals surface area (Å²) in [6.07, 6.45) is 1.50. The van der Waals surface area contributed by atoms with Crippen LogP contribution in [0.25, 0.3) is 0 Å². The highest BCUT2D eigenvalue weighted by Gasteiger charge is 2.39. The fraction of sp³-hybridized carbons (Fsp3) is 0.800. The van der Waals surface area contributed by atoms with Crippen LogP contribution in [0.3, 0.4) is 0 Å². The molecule has 0 aromatic carbocycles. The van der Waals surface area contributed by atoms with Crippen LogP contribution in [-0.2, 0) is 14.8 Å². The lowest BCUT2D eigenvalue weighted by Crippen LogP contribution is -2.49. The molecule has 1 heterocycles. The topological polar surface area (TPSA) is 116 Å². The summed E-state index contributed by atoms with van der Waals surface area (Å²) in [6, 6.07) is -1.25. The van der Waals surface area contributed by atoms with Gasteiger partial charge in [-0.1, -0.05) is 0 Å². The molecule has 2 atom stereocenters. The summed E-state index contributed by atoms with van der Waals surface area (Å²) in [4.78, 5) is 24.3. The maximum atomic E-state index is 11.9. The molecule has 0 bridgehead atoms. The van der Waals surface area contributed by atoms with Gasteiger partial charge in [0.15, 0.2) is 0 Å². The molecule has 1 saturated heterocycles. The largest absolute Gasteiger partial charge is 0.480 e. The van der Waals surface area contributed by atoms with Crippen molar-refractivity contribution < 1.29 is 23.1 Å². The molecule has 0 saturated carbocycles. The van der Waals surface area contributed by atoms with Crippen molar-refractivity contribution in [3.8, 4) is 0 Å². The molecular weight excluding hydrogens is 306 g/mol. The van der Waals surface area contributed by atoms with Crippen molar-refractivity contribution in [2.75, 3.05) is 25.1 Å². The van der Waals surface area contributed by atoms with Gasteiger partial charge in [0.1, 0.15) is 6.04 Å². The normalized spacial score (nSPS) is 22.8. The summed E-state index contributed by atoms with van der Waals surface area (Å²) < 4.78 is 24.0. The summed E-state index contributed by atoms with van der Waals surface area (Å²) in [6.45, 7) is 2.28. The van der Waals surface area contributed by atoms with Crippen molar-refractivity contribution >= 4 is 33.8 Å². The Labute approximate surface area is 122 Å². The van der Waals surface area contributed by atoms with E-state index >= 15 is 0 Å². The van der Waals surface area contributed by atoms with Gasteiger partial charge in [-0.2, -0.15) is 0 Å². The van der Waals surface area contributed by atoms with Crippen molar-refractivity contribution in [3.05, 3.63) is 0 Å². The molecule has 1 aliphatic heterocycles. The van der Waals surface area contributed by atoms with Crippen molar-refractivity contribution in [1.29, 1.82) is 0 Å². The van der Waals surface area contributed by atoms with Crippen molar-refractivity contribution in [1.82, 2.24) is 14.9 Å². The second-order valence-corrected chi connectivity index (χ2v) is 7.63. The number of hydrogen-bond donors (Lipinski definition) is 3. The van der Waals surface area contributed by atoms with Gasteiger partial charge < -0.3 is 10.4 Å². The quantitative estimate of drug-likeness (QED) is 0.566. The Morgan fingerprint density at radius 2 is 2.05 bits per heavy atom. The zero-order valence-corrected chi connectivity index (χ0v) is 13.0. The van der Waals surface area contributed by atoms with E-state index in [0.29, 0.717) is 12.2 Å². The van der Waals surface area contributed by atoms with E-state index < -0.39 is 28.1 Å². The number of hydrogen-bond acceptors (Lipinski definition) is 5. The number of rotatable bonds is 6. The molecule has 1 rings (SSSR count). The molecule has 2 unspecified atom stereocenters. The van der Waals surface area contributed by atoms with E-state index in [0.717, 1.165) is 6.26 Å². The first kappa shape index (κ1) is 17.1. The van der Waals surface area contributed by atoms with E-state index in [4.69, 9.17) is 5.11 Å². The number of amides is 2. The van der Waals surface area contributed by atoms with Gasteiger partial charge in [-0.15, -0.1) is 11.8 Å². The number of carboxylic acids is 1. The van der Waals surface area contributed by atoms with E-state index in [2.05, 4.69) is 10.0 Å². The van der Waals surface area contributed by atoms with Crippen LogP contribution in [0.2, 0.25) is 0 Å². The van der Waals surface area contributed by atoms with E-state index in [1.165, 1.54) is 16.7 Å². The second-order valence-electron chi connectivity index (χ2n) is 4.45. The molecule has 3 N–H and O–H groups in total. The lowest BCUT2D eigenvalue weighted by Gasteiger charge is -2.25. The van der Waals surface area contributed by atoms with Crippen LogP contribution in [0.15, 0.2) is 0 Å². The van der Waals surface area contributed by atoms with E-state index in [-0.39, 0.29) is 18.5 Å². The van der Waals surface area contributed by atoms with Gasteiger partial charge in [0.25, 0.3) is 0 Å². The number of carbonyl (C=O) groups is 2. The predicted molar refractivity (Wildman–Crippen MR) is 76.0 cm³/mol. The molecule has 0 radical (unpaired) electrons. The fourth-order valence-corrected chi connectivity index (χ4v) is 3.46. The van der Waals surface area contributed by atoms with Crippen molar-refractivity contribution in [3.63, 3.8) is 0 Å². The van der Waals surface area contributed by atoms with Gasteiger partial charge in [0, 0.05) is 18.8 Å². The van der Waals surface area contributed by atoms with Gasteiger partial charge in [0.05, 0.1) is 11.6 Å². The highest BCUT2D eigenvalue weighted by atomic mass is 32.2. The Morgan fingerprint density at radius 1 is 1.40 bits per heavy atom. The fourth-order valence-electron chi connectivity index (χ4n) is 1.77. The van der Waals surface area contributed by atoms with Crippen LogP contribution >= 0.6 is 11.8 Å². The van der Waals surface area contributed by atoms with Gasteiger partial charge >= 0.3 is 12.0 Å². The highest BCUT2D eigenvalue weighted by Crippen LogP contribution is 2.28. The lowest BCUT2D eigenvalue weighted by atomic mass is 10.3. The maximum absolute atomic E-state index is 11.9. The van der Waals surface area contributed by atoms with Gasteiger partial charge in [0.2, 0.25) is 10.0 Å². The molecule has 116 valence electrons. The Hall–Kier alpha value is -1.00. The first-order valence-corrected chi connectivity index (χ1v) is 9.01. The highest BCUT2D eigenvalue weighted by molar-refractivity contribution is 8.00. The molecule has 20 heavy (non-hydrogen) atoms. The Morgan fingerprint density at radius 3 is 2.60 bits per heavy atom. The third-order valence-corrected chi connectivity index (χ3v) is 4.68. The average Bonchev–Trinajstić information content (AvgIpc) is 2.69. The van der Waals surface area contributed by atoms with Crippen LogP contribution in [0.4, 0.5) is 4.79 Å². The molecule has 0 spiro atoms. The number of thioether (sulfide) groups is 1. The minimum atomic E-state index is -3.22. The van der Waals surface area contributed by atoms with Crippen LogP contribution < -0.4 is 10.0 Å². The molecule has 10 heteroatoms. The summed E-state index contributed by atoms with van der Waals surface area (Å²) in [7, 11) is -3.22. The lowest BCUT2D eigenvalue weighted by molar-refractivity contribution is -0.141. The van der Waals surface area contributed by atoms with E-state index in [1.807, 2.05) is 0 Å². The molecule has 8 nitrogen and oxygen atoms in total. The molecule has 1 fully saturated rings. The van der Waals surface area contributed by atoms with Crippen LogP contribution in [0.1, 0.15) is 13.3 Å². The average molecular weight is 325 g/mol. The Bertz CT molecular complexity index is 468. The number of aliphatic carboxylic acids is 1. The summed E-state index contributed by atoms with van der Waals surface area (Å²) >= 11 is 1.41. The minimum absolute atomic E-state index is 0.190. The monoisotopic (exact) mass is 325 g/mol. The molecular formula is C10H19N3O5S2. The third-order valence-electron chi connectivity index (χ3n) is 2.74. The SMILES string of the molecule is CC1SCC(C(=O)O)N1C(=O)NCCCNS(C)(=O)=O. The number of nitrogens with zero attached hydrogens (tertiary/aromatic N) is 1. The zero-order chi connectivity index (χ0) is 15.3. The van der Waals surface area contributed by atoms with E-state index in [1.54, 1.807) is 6.92 Å². The smallest absolute Gasteiger partial charge is 0.327 e. The predicted octanol–water partition coefficient (Wildman–Crippen LogP) is -0.517. The Kier molecular flexibility index (Phi) is 6.08. The third kappa shape index (κ3) is 5.17. The summed E-state index contributed by atoms with van der Waals surface area (Å²) in [5.41, 5.74) is 0. The number of urea groups is 1. The number of carbonyl (C=O) groups excluding carboxylic acids is 1. The minimum Gasteiger partial charge on any atom is -0.480 e. The molecule has 0 aromatic rings. The van der Waals surface area contributed by atoms with E-state index in [9.17, 15) is 18.0 Å². The maximum Gasteiger partial charge on any atom is 0.327 e. The first-order chi connectivity index (χ1) is 9.22. The van der Waals surface area contributed by atoms with Crippen LogP contribution in [0, 0.1) is 0 Å². The van der Waals surface area contributed by atoms with Crippen molar-refractivity contribution in [2.45, 2.75) is 24.8 Å².